The maximum Gasteiger partial charge on any atom is 0.175 e. The van der Waals surface area contributed by atoms with E-state index in [1.165, 1.54) is 30.9 Å². The Morgan fingerprint density at radius 3 is 1.92 bits per heavy atom. The third-order valence-electron chi connectivity index (χ3n) is 2.55. The molecule has 0 aromatic heterocycles. The maximum absolute atomic E-state index is 2.27. The highest BCUT2D eigenvalue weighted by Gasteiger charge is 2.12. The Balaban J connectivity index is 2.64. The molecule has 70 valence electrons. The van der Waals surface area contributed by atoms with Gasteiger partial charge in [-0.05, 0) is 0 Å². The van der Waals surface area contributed by atoms with Crippen LogP contribution in [0.4, 0.5) is 0 Å². The number of benzene rings is 1. The predicted octanol–water partition coefficient (Wildman–Crippen LogP) is 3.21. The van der Waals surface area contributed by atoms with Crippen molar-refractivity contribution < 1.29 is 0 Å². The van der Waals surface area contributed by atoms with Crippen molar-refractivity contribution in [3.63, 3.8) is 0 Å². The van der Waals surface area contributed by atoms with Crippen molar-refractivity contribution in [3.05, 3.63) is 30.3 Å². The number of hydrogen-bond donors (Lipinski definition) is 0. The molecule has 0 heterocycles. The summed E-state index contributed by atoms with van der Waals surface area (Å²) in [6.07, 6.45) is 5.24. The molecule has 0 bridgehead atoms. The van der Waals surface area contributed by atoms with Gasteiger partial charge in [-0.3, -0.25) is 0 Å². The van der Waals surface area contributed by atoms with Crippen LogP contribution in [-0.2, 0) is 0 Å². The van der Waals surface area contributed by atoms with Crippen LogP contribution in [0.2, 0.25) is 12.6 Å². The molecule has 0 amide bonds. The molecular formula is C12H19B. The summed E-state index contributed by atoms with van der Waals surface area (Å²) in [5.74, 6) is 0. The SMILES string of the molecule is CCCB(CCC)c1ccccc1. The Morgan fingerprint density at radius 1 is 0.923 bits per heavy atom. The van der Waals surface area contributed by atoms with Crippen molar-refractivity contribution in [2.24, 2.45) is 0 Å². The lowest BCUT2D eigenvalue weighted by Crippen LogP contribution is -2.28. The summed E-state index contributed by atoms with van der Waals surface area (Å²) in [6, 6.07) is 10.9. The van der Waals surface area contributed by atoms with Gasteiger partial charge >= 0.3 is 0 Å². The molecule has 0 aliphatic heterocycles. The Labute approximate surface area is 82.4 Å². The molecule has 0 atom stereocenters. The molecule has 0 N–H and O–H groups in total. The third kappa shape index (κ3) is 3.26. The molecule has 1 rings (SSSR count). The van der Waals surface area contributed by atoms with E-state index in [4.69, 9.17) is 0 Å². The van der Waals surface area contributed by atoms with Crippen LogP contribution < -0.4 is 5.46 Å². The first-order valence-corrected chi connectivity index (χ1v) is 5.43. The summed E-state index contributed by atoms with van der Waals surface area (Å²) in [7, 11) is 0. The second-order valence-electron chi connectivity index (χ2n) is 3.68. The van der Waals surface area contributed by atoms with E-state index in [2.05, 4.69) is 44.2 Å². The van der Waals surface area contributed by atoms with Crippen molar-refractivity contribution in [1.29, 1.82) is 0 Å². The van der Waals surface area contributed by atoms with Crippen LogP contribution in [0.5, 0.6) is 0 Å². The van der Waals surface area contributed by atoms with E-state index in [1.807, 2.05) is 0 Å². The summed E-state index contributed by atoms with van der Waals surface area (Å²) in [5.41, 5.74) is 1.52. The zero-order valence-electron chi connectivity index (χ0n) is 8.79. The molecule has 1 aromatic rings. The second-order valence-corrected chi connectivity index (χ2v) is 3.68. The monoisotopic (exact) mass is 174 g/mol. The second kappa shape index (κ2) is 5.85. The van der Waals surface area contributed by atoms with E-state index in [9.17, 15) is 0 Å². The minimum atomic E-state index is 0.788. The Morgan fingerprint density at radius 2 is 1.46 bits per heavy atom. The van der Waals surface area contributed by atoms with E-state index >= 15 is 0 Å². The first-order valence-electron chi connectivity index (χ1n) is 5.43. The predicted molar refractivity (Wildman–Crippen MR) is 62.0 cm³/mol. The average molecular weight is 174 g/mol. The lowest BCUT2D eigenvalue weighted by Gasteiger charge is -2.11. The first-order chi connectivity index (χ1) is 6.38. The molecule has 13 heavy (non-hydrogen) atoms. The third-order valence-corrected chi connectivity index (χ3v) is 2.55. The highest BCUT2D eigenvalue weighted by Crippen LogP contribution is 2.06. The molecule has 0 saturated carbocycles. The Kier molecular flexibility index (Phi) is 4.66. The lowest BCUT2D eigenvalue weighted by molar-refractivity contribution is 1.01. The summed E-state index contributed by atoms with van der Waals surface area (Å²) in [6.45, 7) is 5.33. The van der Waals surface area contributed by atoms with Gasteiger partial charge in [-0.15, -0.1) is 0 Å². The van der Waals surface area contributed by atoms with E-state index in [0.717, 1.165) is 6.71 Å². The van der Waals surface area contributed by atoms with Gasteiger partial charge in [-0.2, -0.15) is 0 Å². The fourth-order valence-electron chi connectivity index (χ4n) is 1.90. The van der Waals surface area contributed by atoms with Gasteiger partial charge in [0, 0.05) is 0 Å². The van der Waals surface area contributed by atoms with Gasteiger partial charge < -0.3 is 0 Å². The van der Waals surface area contributed by atoms with Crippen molar-refractivity contribution in [2.45, 2.75) is 39.3 Å². The zero-order chi connectivity index (χ0) is 9.52. The minimum Gasteiger partial charge on any atom is -0.0801 e. The van der Waals surface area contributed by atoms with E-state index in [0.29, 0.717) is 0 Å². The fraction of sp³-hybridized carbons (Fsp3) is 0.500. The Bertz CT molecular complexity index is 212. The highest BCUT2D eigenvalue weighted by molar-refractivity contribution is 6.73. The van der Waals surface area contributed by atoms with Gasteiger partial charge in [-0.25, -0.2) is 0 Å². The van der Waals surface area contributed by atoms with Crippen LogP contribution in [0.25, 0.3) is 0 Å². The minimum absolute atomic E-state index is 0.788. The van der Waals surface area contributed by atoms with Gasteiger partial charge in [0.2, 0.25) is 0 Å². The van der Waals surface area contributed by atoms with Crippen molar-refractivity contribution >= 4 is 12.2 Å². The zero-order valence-corrected chi connectivity index (χ0v) is 8.79. The summed E-state index contributed by atoms with van der Waals surface area (Å²) in [5, 5.41) is 0. The number of hydrogen-bond acceptors (Lipinski definition) is 0. The summed E-state index contributed by atoms with van der Waals surface area (Å²) < 4.78 is 0. The fourth-order valence-corrected chi connectivity index (χ4v) is 1.90. The first kappa shape index (κ1) is 10.4. The van der Waals surface area contributed by atoms with Crippen molar-refractivity contribution in [3.8, 4) is 0 Å². The molecule has 0 spiro atoms. The van der Waals surface area contributed by atoms with Crippen LogP contribution in [0, 0.1) is 0 Å². The standard InChI is InChI=1S/C12H19B/c1-3-10-13(11-4-2)12-8-6-5-7-9-12/h5-9H,3-4,10-11H2,1-2H3. The topological polar surface area (TPSA) is 0 Å². The summed E-state index contributed by atoms with van der Waals surface area (Å²) >= 11 is 0. The molecule has 0 aliphatic carbocycles. The molecule has 1 heteroatoms. The van der Waals surface area contributed by atoms with Crippen LogP contribution in [0.1, 0.15) is 26.7 Å². The summed E-state index contributed by atoms with van der Waals surface area (Å²) in [4.78, 5) is 0. The highest BCUT2D eigenvalue weighted by atomic mass is 13.9. The molecule has 0 aliphatic rings. The average Bonchev–Trinajstić information content (AvgIpc) is 2.19. The largest absolute Gasteiger partial charge is 0.175 e. The van der Waals surface area contributed by atoms with Crippen LogP contribution in [-0.4, -0.2) is 6.71 Å². The maximum atomic E-state index is 2.27. The van der Waals surface area contributed by atoms with Crippen molar-refractivity contribution in [1.82, 2.24) is 0 Å². The molecule has 0 fully saturated rings. The number of rotatable bonds is 5. The quantitative estimate of drug-likeness (QED) is 0.601. The van der Waals surface area contributed by atoms with Crippen LogP contribution in [0.3, 0.4) is 0 Å². The van der Waals surface area contributed by atoms with E-state index in [1.54, 1.807) is 0 Å². The molecule has 0 unspecified atom stereocenters. The van der Waals surface area contributed by atoms with Gasteiger partial charge in [0.15, 0.2) is 6.71 Å². The smallest absolute Gasteiger partial charge is 0.0801 e. The molecule has 0 nitrogen and oxygen atoms in total. The molecule has 1 aromatic carbocycles. The van der Waals surface area contributed by atoms with Gasteiger partial charge in [0.05, 0.1) is 0 Å². The van der Waals surface area contributed by atoms with Crippen LogP contribution >= 0.6 is 0 Å². The van der Waals surface area contributed by atoms with Gasteiger partial charge in [-0.1, -0.05) is 75.1 Å². The molecule has 0 saturated heterocycles. The Hall–Kier alpha value is -0.715. The van der Waals surface area contributed by atoms with E-state index < -0.39 is 0 Å². The normalized spacial score (nSPS) is 10.0. The van der Waals surface area contributed by atoms with Gasteiger partial charge in [0.25, 0.3) is 0 Å². The van der Waals surface area contributed by atoms with Gasteiger partial charge in [0.1, 0.15) is 0 Å². The van der Waals surface area contributed by atoms with Crippen molar-refractivity contribution in [2.75, 3.05) is 0 Å². The van der Waals surface area contributed by atoms with E-state index in [-0.39, 0.29) is 0 Å². The molecule has 0 radical (unpaired) electrons. The van der Waals surface area contributed by atoms with Crippen LogP contribution in [0.15, 0.2) is 30.3 Å². The lowest BCUT2D eigenvalue weighted by atomic mass is 9.40. The molecular weight excluding hydrogens is 155 g/mol.